The Morgan fingerprint density at radius 1 is 1.00 bits per heavy atom. The minimum atomic E-state index is -0.847. The number of methoxy groups -OCH3 is 1. The average molecular weight is 645 g/mol. The Bertz CT molecular complexity index is 1540. The summed E-state index contributed by atoms with van der Waals surface area (Å²) in [5.41, 5.74) is 4.05. The largest absolute Gasteiger partial charge is 0.496 e. The maximum Gasteiger partial charge on any atom is 0.308 e. The standard InChI is InChI=1S/C38H49N3O6/c1-6-7-20-40(30-15-10-12-27(21-30)25-41(2,3)4)36(42)24-39-23-31(29-18-19-34-35(22-29)47-26-46-34)37(38(43)44)32(39)16-11-14-28-13-8-9-17-33(28)45-5/h8-10,12-13,15,17-19,21-22,31-32,37H,6-7,11,14,16,20,23-26H2,1-5H3/p+1. The van der Waals surface area contributed by atoms with E-state index in [1.165, 1.54) is 5.56 Å². The fraction of sp³-hybridized carbons (Fsp3) is 0.474. The minimum absolute atomic E-state index is 0.00828. The second kappa shape index (κ2) is 15.2. The van der Waals surface area contributed by atoms with E-state index in [0.29, 0.717) is 31.0 Å². The van der Waals surface area contributed by atoms with Crippen molar-refractivity contribution in [2.75, 3.05) is 59.6 Å². The van der Waals surface area contributed by atoms with E-state index in [9.17, 15) is 14.7 Å². The molecule has 47 heavy (non-hydrogen) atoms. The van der Waals surface area contributed by atoms with E-state index in [1.54, 1.807) is 7.11 Å². The fourth-order valence-electron chi connectivity index (χ4n) is 7.09. The number of unbranched alkanes of at least 4 members (excludes halogenated alkanes) is 1. The number of hydrogen-bond donors (Lipinski definition) is 1. The number of hydrogen-bond acceptors (Lipinski definition) is 6. The lowest BCUT2D eigenvalue weighted by Crippen LogP contribution is -2.44. The van der Waals surface area contributed by atoms with Gasteiger partial charge < -0.3 is 28.7 Å². The molecule has 0 saturated carbocycles. The van der Waals surface area contributed by atoms with Crippen LogP contribution < -0.4 is 19.1 Å². The van der Waals surface area contributed by atoms with Crippen molar-refractivity contribution in [2.24, 2.45) is 5.92 Å². The molecule has 0 aliphatic carbocycles. The molecule has 3 aromatic rings. The first-order valence-electron chi connectivity index (χ1n) is 16.8. The number of nitrogens with zero attached hydrogens (tertiary/aromatic N) is 3. The molecule has 1 saturated heterocycles. The van der Waals surface area contributed by atoms with Gasteiger partial charge in [-0.3, -0.25) is 14.5 Å². The monoisotopic (exact) mass is 644 g/mol. The number of benzene rings is 3. The molecule has 5 rings (SSSR count). The van der Waals surface area contributed by atoms with Crippen LogP contribution >= 0.6 is 0 Å². The molecule has 0 radical (unpaired) electrons. The van der Waals surface area contributed by atoms with Crippen LogP contribution in [0.15, 0.2) is 66.7 Å². The van der Waals surface area contributed by atoms with E-state index < -0.39 is 11.9 Å². The molecule has 1 N–H and O–H groups in total. The van der Waals surface area contributed by atoms with Gasteiger partial charge in [0.25, 0.3) is 0 Å². The number of carbonyl (C=O) groups is 2. The molecule has 0 spiro atoms. The number of anilines is 1. The Kier molecular flexibility index (Phi) is 11.1. The first kappa shape index (κ1) is 34.3. The van der Waals surface area contributed by atoms with Gasteiger partial charge in [0.1, 0.15) is 12.3 Å². The van der Waals surface area contributed by atoms with Crippen LogP contribution in [0.5, 0.6) is 17.2 Å². The van der Waals surface area contributed by atoms with Crippen LogP contribution in [0.4, 0.5) is 5.69 Å². The number of aryl methyl sites for hydroxylation is 1. The van der Waals surface area contributed by atoms with E-state index in [0.717, 1.165) is 59.3 Å². The Morgan fingerprint density at radius 3 is 2.53 bits per heavy atom. The number of ether oxygens (including phenoxy) is 3. The number of aliphatic carboxylic acids is 1. The molecule has 252 valence electrons. The molecule has 2 aliphatic heterocycles. The third-order valence-electron chi connectivity index (χ3n) is 9.25. The number of carboxylic acids is 1. The number of quaternary nitrogens is 1. The zero-order valence-corrected chi connectivity index (χ0v) is 28.5. The molecule has 9 nitrogen and oxygen atoms in total. The Hall–Kier alpha value is -4.08. The van der Waals surface area contributed by atoms with Gasteiger partial charge in [0.2, 0.25) is 12.7 Å². The van der Waals surface area contributed by atoms with E-state index >= 15 is 0 Å². The SMILES string of the molecule is CCCCN(C(=O)CN1CC(c2ccc3c(c2)OCO3)C(C(=O)O)C1CCCc1ccccc1OC)c1cccc(C[N+](C)(C)C)c1. The third kappa shape index (κ3) is 8.45. The number of amides is 1. The topological polar surface area (TPSA) is 88.5 Å². The van der Waals surface area contributed by atoms with Crippen molar-refractivity contribution < 1.29 is 33.4 Å². The van der Waals surface area contributed by atoms with Gasteiger partial charge in [0.05, 0.1) is 40.7 Å². The molecule has 2 aliphatic rings. The summed E-state index contributed by atoms with van der Waals surface area (Å²) in [7, 11) is 8.14. The fourth-order valence-corrected chi connectivity index (χ4v) is 7.09. The van der Waals surface area contributed by atoms with Gasteiger partial charge in [-0.25, -0.2) is 0 Å². The Balaban J connectivity index is 1.42. The molecule has 3 unspecified atom stereocenters. The third-order valence-corrected chi connectivity index (χ3v) is 9.25. The van der Waals surface area contributed by atoms with Gasteiger partial charge in [-0.2, -0.15) is 0 Å². The van der Waals surface area contributed by atoms with Crippen LogP contribution in [-0.4, -0.2) is 87.1 Å². The summed E-state index contributed by atoms with van der Waals surface area (Å²) < 4.78 is 17.5. The normalized spacial score (nSPS) is 19.1. The second-order valence-electron chi connectivity index (χ2n) is 13.8. The van der Waals surface area contributed by atoms with Gasteiger partial charge in [-0.1, -0.05) is 49.7 Å². The second-order valence-corrected chi connectivity index (χ2v) is 13.8. The molecule has 2 heterocycles. The van der Waals surface area contributed by atoms with Gasteiger partial charge >= 0.3 is 5.97 Å². The number of fused-ring (bicyclic) bond motifs is 1. The van der Waals surface area contributed by atoms with Crippen LogP contribution in [-0.2, 0) is 22.6 Å². The Morgan fingerprint density at radius 2 is 1.79 bits per heavy atom. The summed E-state index contributed by atoms with van der Waals surface area (Å²) >= 11 is 0. The molecule has 0 bridgehead atoms. The number of carbonyl (C=O) groups excluding carboxylic acids is 1. The van der Waals surface area contributed by atoms with E-state index in [4.69, 9.17) is 14.2 Å². The predicted octanol–water partition coefficient (Wildman–Crippen LogP) is 5.95. The van der Waals surface area contributed by atoms with Crippen molar-refractivity contribution in [3.63, 3.8) is 0 Å². The maximum atomic E-state index is 14.3. The number of rotatable bonds is 15. The zero-order valence-electron chi connectivity index (χ0n) is 28.5. The number of carboxylic acid groups (broad SMARTS) is 1. The number of likely N-dealkylation sites (tertiary alicyclic amines) is 1. The summed E-state index contributed by atoms with van der Waals surface area (Å²) in [4.78, 5) is 31.3. The first-order chi connectivity index (χ1) is 22.6. The maximum absolute atomic E-state index is 14.3. The molecule has 0 aromatic heterocycles. The van der Waals surface area contributed by atoms with Crippen LogP contribution in [0.1, 0.15) is 55.2 Å². The lowest BCUT2D eigenvalue weighted by atomic mass is 9.83. The van der Waals surface area contributed by atoms with Crippen molar-refractivity contribution in [2.45, 2.75) is 57.5 Å². The van der Waals surface area contributed by atoms with Crippen molar-refractivity contribution in [3.8, 4) is 17.2 Å². The highest BCUT2D eigenvalue weighted by molar-refractivity contribution is 5.95. The molecule has 9 heteroatoms. The smallest absolute Gasteiger partial charge is 0.308 e. The Labute approximate surface area is 279 Å². The summed E-state index contributed by atoms with van der Waals surface area (Å²) in [6.07, 6.45) is 4.00. The van der Waals surface area contributed by atoms with E-state index in [-0.39, 0.29) is 31.2 Å². The highest BCUT2D eigenvalue weighted by Gasteiger charge is 2.47. The highest BCUT2D eigenvalue weighted by Crippen LogP contribution is 2.43. The molecular weight excluding hydrogens is 594 g/mol. The van der Waals surface area contributed by atoms with Crippen molar-refractivity contribution in [3.05, 3.63) is 83.4 Å². The first-order valence-corrected chi connectivity index (χ1v) is 16.8. The van der Waals surface area contributed by atoms with Crippen LogP contribution in [0, 0.1) is 5.92 Å². The summed E-state index contributed by atoms with van der Waals surface area (Å²) in [5, 5.41) is 10.7. The number of para-hydroxylation sites is 1. The summed E-state index contributed by atoms with van der Waals surface area (Å²) in [5.74, 6) is 0.289. The van der Waals surface area contributed by atoms with E-state index in [1.807, 2.05) is 53.4 Å². The van der Waals surface area contributed by atoms with Gasteiger partial charge in [-0.15, -0.1) is 0 Å². The molecular formula is C38H50N3O6+. The summed E-state index contributed by atoms with van der Waals surface area (Å²) in [6.45, 7) is 4.35. The molecule has 3 atom stereocenters. The highest BCUT2D eigenvalue weighted by atomic mass is 16.7. The van der Waals surface area contributed by atoms with Crippen molar-refractivity contribution >= 4 is 17.6 Å². The van der Waals surface area contributed by atoms with Crippen molar-refractivity contribution in [1.29, 1.82) is 0 Å². The summed E-state index contributed by atoms with van der Waals surface area (Å²) in [6, 6.07) is 21.6. The van der Waals surface area contributed by atoms with Gasteiger partial charge in [0, 0.05) is 36.3 Å². The molecule has 3 aromatic carbocycles. The average Bonchev–Trinajstić information content (AvgIpc) is 3.65. The lowest BCUT2D eigenvalue weighted by Gasteiger charge is -2.30. The van der Waals surface area contributed by atoms with Crippen LogP contribution in [0.3, 0.4) is 0 Å². The zero-order chi connectivity index (χ0) is 33.6. The lowest BCUT2D eigenvalue weighted by molar-refractivity contribution is -0.884. The molecule has 1 amide bonds. The van der Waals surface area contributed by atoms with Gasteiger partial charge in [0.15, 0.2) is 11.5 Å². The van der Waals surface area contributed by atoms with E-state index in [2.05, 4.69) is 51.2 Å². The van der Waals surface area contributed by atoms with Gasteiger partial charge in [-0.05, 0) is 67.1 Å². The molecule has 1 fully saturated rings. The quantitative estimate of drug-likeness (QED) is 0.205. The minimum Gasteiger partial charge on any atom is -0.496 e. The van der Waals surface area contributed by atoms with Crippen molar-refractivity contribution in [1.82, 2.24) is 4.90 Å². The predicted molar refractivity (Wildman–Crippen MR) is 183 cm³/mol. The van der Waals surface area contributed by atoms with Crippen LogP contribution in [0.2, 0.25) is 0 Å². The van der Waals surface area contributed by atoms with Crippen LogP contribution in [0.25, 0.3) is 0 Å².